The van der Waals surface area contributed by atoms with Crippen molar-refractivity contribution in [3.8, 4) is 0 Å². The third-order valence-corrected chi connectivity index (χ3v) is 3.96. The van der Waals surface area contributed by atoms with Gasteiger partial charge in [-0.1, -0.05) is 34.7 Å². The molecule has 0 atom stereocenters. The summed E-state index contributed by atoms with van der Waals surface area (Å²) in [6, 6.07) is 0. The Balaban J connectivity index is 4.03. The van der Waals surface area contributed by atoms with Crippen LogP contribution >= 0.6 is 21.6 Å². The van der Waals surface area contributed by atoms with E-state index in [0.717, 1.165) is 23.7 Å². The maximum atomic E-state index is 11.2. The molecule has 0 heterocycles. The van der Waals surface area contributed by atoms with Crippen molar-refractivity contribution < 1.29 is 9.59 Å². The van der Waals surface area contributed by atoms with Gasteiger partial charge in [0.1, 0.15) is 0 Å². The number of nitrogens with one attached hydrogen (secondary N) is 2. The first-order valence-corrected chi connectivity index (χ1v) is 7.71. The van der Waals surface area contributed by atoms with Crippen molar-refractivity contribution in [3.63, 3.8) is 0 Å². The maximum absolute atomic E-state index is 11.2. The summed E-state index contributed by atoms with van der Waals surface area (Å²) in [5.41, 5.74) is 10.3. The van der Waals surface area contributed by atoms with Crippen LogP contribution in [0.4, 0.5) is 0 Å². The van der Waals surface area contributed by atoms with Crippen molar-refractivity contribution in [2.45, 2.75) is 0 Å². The Hall–Kier alpha value is -0.960. The van der Waals surface area contributed by atoms with Crippen LogP contribution in [-0.4, -0.2) is 41.5 Å². The number of nitrogens with zero attached hydrogens (tertiary/aromatic N) is 1. The Bertz CT molecular complexity index is 278. The summed E-state index contributed by atoms with van der Waals surface area (Å²) in [5.74, 6) is 0.806. The average Bonchev–Trinajstić information content (AvgIpc) is 2.37. The SMILES string of the molecule is C=CC(=O)NN(CCSSCCN)NC(=O)C=C. The summed E-state index contributed by atoms with van der Waals surface area (Å²) in [5, 5.41) is 1.31. The molecule has 0 aromatic carbocycles. The topological polar surface area (TPSA) is 87.5 Å². The van der Waals surface area contributed by atoms with Crippen LogP contribution in [0.3, 0.4) is 0 Å². The van der Waals surface area contributed by atoms with Gasteiger partial charge in [0.2, 0.25) is 0 Å². The van der Waals surface area contributed by atoms with Crippen LogP contribution in [0.5, 0.6) is 0 Å². The molecular formula is C10H18N4O2S2. The van der Waals surface area contributed by atoms with E-state index in [1.165, 1.54) is 5.12 Å². The van der Waals surface area contributed by atoms with Crippen LogP contribution in [0, 0.1) is 0 Å². The lowest BCUT2D eigenvalue weighted by Gasteiger charge is -2.21. The van der Waals surface area contributed by atoms with E-state index in [1.807, 2.05) is 0 Å². The first-order valence-electron chi connectivity index (χ1n) is 5.22. The largest absolute Gasteiger partial charge is 0.330 e. The molecule has 0 rings (SSSR count). The highest BCUT2D eigenvalue weighted by Crippen LogP contribution is 2.19. The van der Waals surface area contributed by atoms with Gasteiger partial charge in [0.15, 0.2) is 0 Å². The Morgan fingerprint density at radius 1 is 1.11 bits per heavy atom. The van der Waals surface area contributed by atoms with Crippen LogP contribution < -0.4 is 16.6 Å². The molecule has 0 aromatic heterocycles. The van der Waals surface area contributed by atoms with Gasteiger partial charge in [-0.2, -0.15) is 0 Å². The number of nitrogens with two attached hydrogens (primary N) is 1. The molecule has 0 radical (unpaired) electrons. The third-order valence-electron chi connectivity index (χ3n) is 1.54. The quantitative estimate of drug-likeness (QED) is 0.228. The van der Waals surface area contributed by atoms with E-state index < -0.39 is 0 Å². The Kier molecular flexibility index (Phi) is 10.6. The standard InChI is InChI=1S/C10H18N4O2S2/c1-3-9(15)12-14(13-10(16)4-2)6-8-18-17-7-5-11/h3-4H,1-2,5-8,11H2,(H,12,15)(H,13,16). The summed E-state index contributed by atoms with van der Waals surface area (Å²) in [4.78, 5) is 22.3. The molecule has 0 saturated heterocycles. The van der Waals surface area contributed by atoms with Crippen molar-refractivity contribution in [3.05, 3.63) is 25.3 Å². The lowest BCUT2D eigenvalue weighted by atomic mass is 10.6. The van der Waals surface area contributed by atoms with Gasteiger partial charge in [-0.05, 0) is 12.2 Å². The molecule has 4 N–H and O–H groups in total. The monoisotopic (exact) mass is 290 g/mol. The molecular weight excluding hydrogens is 272 g/mol. The molecule has 6 nitrogen and oxygen atoms in total. The fourth-order valence-electron chi connectivity index (χ4n) is 0.792. The zero-order valence-electron chi connectivity index (χ0n) is 10.1. The highest BCUT2D eigenvalue weighted by molar-refractivity contribution is 8.76. The minimum Gasteiger partial charge on any atom is -0.330 e. The second kappa shape index (κ2) is 11.1. The number of carbonyl (C=O) groups excluding carboxylic acids is 2. The minimum atomic E-state index is -0.390. The summed E-state index contributed by atoms with van der Waals surface area (Å²) in [7, 11) is 3.26. The number of amides is 2. The van der Waals surface area contributed by atoms with Gasteiger partial charge in [-0.3, -0.25) is 20.4 Å². The molecule has 0 aromatic rings. The van der Waals surface area contributed by atoms with Crippen molar-refractivity contribution in [1.29, 1.82) is 0 Å². The Morgan fingerprint density at radius 2 is 1.61 bits per heavy atom. The summed E-state index contributed by atoms with van der Waals surface area (Å²) < 4.78 is 0. The molecule has 102 valence electrons. The van der Waals surface area contributed by atoms with E-state index in [1.54, 1.807) is 21.6 Å². The van der Waals surface area contributed by atoms with Gasteiger partial charge in [-0.25, -0.2) is 0 Å². The van der Waals surface area contributed by atoms with E-state index in [9.17, 15) is 9.59 Å². The average molecular weight is 290 g/mol. The van der Waals surface area contributed by atoms with Crippen molar-refractivity contribution in [1.82, 2.24) is 16.0 Å². The molecule has 0 spiro atoms. The molecule has 18 heavy (non-hydrogen) atoms. The second-order valence-electron chi connectivity index (χ2n) is 2.94. The van der Waals surface area contributed by atoms with Crippen LogP contribution in [0.2, 0.25) is 0 Å². The van der Waals surface area contributed by atoms with E-state index in [2.05, 4.69) is 24.0 Å². The van der Waals surface area contributed by atoms with Gasteiger partial charge < -0.3 is 5.73 Å². The smallest absolute Gasteiger partial charge is 0.259 e. The first-order chi connectivity index (χ1) is 8.63. The van der Waals surface area contributed by atoms with E-state index in [0.29, 0.717) is 13.1 Å². The molecule has 0 aliphatic carbocycles. The van der Waals surface area contributed by atoms with Gasteiger partial charge in [0.05, 0.1) is 0 Å². The number of rotatable bonds is 10. The van der Waals surface area contributed by atoms with Gasteiger partial charge in [0, 0.05) is 24.6 Å². The molecule has 0 fully saturated rings. The lowest BCUT2D eigenvalue weighted by molar-refractivity contribution is -0.128. The number of hydrogen-bond acceptors (Lipinski definition) is 6. The predicted molar refractivity (Wildman–Crippen MR) is 77.4 cm³/mol. The highest BCUT2D eigenvalue weighted by Gasteiger charge is 2.08. The summed E-state index contributed by atoms with van der Waals surface area (Å²) >= 11 is 0. The maximum Gasteiger partial charge on any atom is 0.259 e. The molecule has 0 saturated carbocycles. The lowest BCUT2D eigenvalue weighted by Crippen LogP contribution is -2.53. The van der Waals surface area contributed by atoms with Crippen LogP contribution in [0.15, 0.2) is 25.3 Å². The fourth-order valence-corrected chi connectivity index (χ4v) is 2.60. The van der Waals surface area contributed by atoms with Crippen LogP contribution in [0.1, 0.15) is 0 Å². The molecule has 0 unspecified atom stereocenters. The van der Waals surface area contributed by atoms with E-state index in [4.69, 9.17) is 5.73 Å². The summed E-state index contributed by atoms with van der Waals surface area (Å²) in [6.07, 6.45) is 2.26. The molecule has 8 heteroatoms. The minimum absolute atomic E-state index is 0.390. The Morgan fingerprint density at radius 3 is 2.06 bits per heavy atom. The zero-order valence-corrected chi connectivity index (χ0v) is 11.7. The van der Waals surface area contributed by atoms with Crippen LogP contribution in [-0.2, 0) is 9.59 Å². The number of hydrazine groups is 2. The molecule has 2 amide bonds. The van der Waals surface area contributed by atoms with Crippen molar-refractivity contribution in [2.75, 3.05) is 24.6 Å². The number of hydrogen-bond donors (Lipinski definition) is 3. The third kappa shape index (κ3) is 9.11. The molecule has 0 aliphatic heterocycles. The first kappa shape index (κ1) is 17.0. The normalized spacial score (nSPS) is 9.89. The highest BCUT2D eigenvalue weighted by atomic mass is 33.1. The number of carbonyl (C=O) groups is 2. The van der Waals surface area contributed by atoms with Crippen molar-refractivity contribution in [2.24, 2.45) is 5.73 Å². The van der Waals surface area contributed by atoms with Crippen LogP contribution in [0.25, 0.3) is 0 Å². The van der Waals surface area contributed by atoms with Gasteiger partial charge in [-0.15, -0.1) is 5.12 Å². The van der Waals surface area contributed by atoms with Crippen molar-refractivity contribution >= 4 is 33.4 Å². The van der Waals surface area contributed by atoms with Gasteiger partial charge >= 0.3 is 0 Å². The van der Waals surface area contributed by atoms with Gasteiger partial charge in [0.25, 0.3) is 11.8 Å². The van der Waals surface area contributed by atoms with E-state index >= 15 is 0 Å². The van der Waals surface area contributed by atoms with E-state index in [-0.39, 0.29) is 11.8 Å². The Labute approximate surface area is 115 Å². The zero-order chi connectivity index (χ0) is 13.8. The predicted octanol–water partition coefficient (Wildman–Crippen LogP) is 0.0629. The molecule has 0 bridgehead atoms. The fraction of sp³-hybridized carbons (Fsp3) is 0.400. The second-order valence-corrected chi connectivity index (χ2v) is 5.65. The molecule has 0 aliphatic rings. The summed E-state index contributed by atoms with van der Waals surface area (Å²) in [6.45, 7) is 7.76.